The summed E-state index contributed by atoms with van der Waals surface area (Å²) in [4.78, 5) is 16.6. The second-order valence-electron chi connectivity index (χ2n) is 8.39. The first kappa shape index (κ1) is 23.2. The van der Waals surface area contributed by atoms with Crippen molar-refractivity contribution in [2.75, 3.05) is 17.2 Å². The van der Waals surface area contributed by atoms with Crippen molar-refractivity contribution in [3.8, 4) is 0 Å². The number of rotatable bonds is 8. The van der Waals surface area contributed by atoms with E-state index in [1.165, 1.54) is 12.4 Å². The zero-order valence-corrected chi connectivity index (χ0v) is 20.0. The molecule has 3 aromatic heterocycles. The summed E-state index contributed by atoms with van der Waals surface area (Å²) in [6.07, 6.45) is 8.81. The van der Waals surface area contributed by atoms with Crippen LogP contribution < -0.4 is 21.1 Å². The van der Waals surface area contributed by atoms with Gasteiger partial charge in [0, 0.05) is 36.2 Å². The number of ether oxygens (including phenoxy) is 1. The third-order valence-corrected chi connectivity index (χ3v) is 6.35. The van der Waals surface area contributed by atoms with Gasteiger partial charge in [0.25, 0.3) is 0 Å². The van der Waals surface area contributed by atoms with Crippen LogP contribution in [0.15, 0.2) is 41.3 Å². The molecule has 0 saturated heterocycles. The van der Waals surface area contributed by atoms with Gasteiger partial charge in [0.1, 0.15) is 17.7 Å². The van der Waals surface area contributed by atoms with E-state index in [0.717, 1.165) is 46.3 Å². The lowest BCUT2D eigenvalue weighted by Gasteiger charge is -2.32. The summed E-state index contributed by atoms with van der Waals surface area (Å²) in [7, 11) is 0. The van der Waals surface area contributed by atoms with Crippen LogP contribution >= 0.6 is 15.9 Å². The number of carbonyl (C=O) groups is 1. The van der Waals surface area contributed by atoms with Gasteiger partial charge in [-0.05, 0) is 41.8 Å². The number of pyridine rings is 1. The van der Waals surface area contributed by atoms with Gasteiger partial charge in [0.15, 0.2) is 18.0 Å². The van der Waals surface area contributed by atoms with Gasteiger partial charge in [-0.2, -0.15) is 14.3 Å². The van der Waals surface area contributed by atoms with Crippen molar-refractivity contribution in [2.45, 2.75) is 51.2 Å². The molecule has 3 heterocycles. The van der Waals surface area contributed by atoms with Crippen LogP contribution in [0.5, 0.6) is 0 Å². The lowest BCUT2D eigenvalue weighted by molar-refractivity contribution is -0.605. The largest absolute Gasteiger partial charge is 0.619 e. The quantitative estimate of drug-likeness (QED) is 0.236. The SMILES string of the molecule is C[C@H](N)C(=O)OC[C@@H]1CCCC[C@@H]1Nc1cc(NCc2ccc[n+]([O-])c2)n2ncc(Br)c2n1. The minimum Gasteiger partial charge on any atom is -0.619 e. The molecule has 1 saturated carbocycles. The van der Waals surface area contributed by atoms with Crippen molar-refractivity contribution in [3.63, 3.8) is 0 Å². The van der Waals surface area contributed by atoms with E-state index < -0.39 is 6.04 Å². The highest BCUT2D eigenvalue weighted by molar-refractivity contribution is 9.10. The monoisotopic (exact) mass is 517 g/mol. The predicted octanol–water partition coefficient (Wildman–Crippen LogP) is 2.60. The molecule has 0 radical (unpaired) electrons. The van der Waals surface area contributed by atoms with Crippen LogP contribution in [0.3, 0.4) is 0 Å². The number of aromatic nitrogens is 4. The molecular weight excluding hydrogens is 490 g/mol. The molecule has 0 aromatic carbocycles. The van der Waals surface area contributed by atoms with Crippen LogP contribution in [0, 0.1) is 11.1 Å². The summed E-state index contributed by atoms with van der Waals surface area (Å²) in [6, 6.07) is 5.00. The maximum Gasteiger partial charge on any atom is 0.322 e. The third-order valence-electron chi connectivity index (χ3n) is 5.79. The Balaban J connectivity index is 1.52. The van der Waals surface area contributed by atoms with Gasteiger partial charge in [-0.1, -0.05) is 12.8 Å². The van der Waals surface area contributed by atoms with Gasteiger partial charge in [-0.15, -0.1) is 0 Å². The molecule has 0 aliphatic heterocycles. The maximum atomic E-state index is 11.8. The van der Waals surface area contributed by atoms with Crippen molar-refractivity contribution in [2.24, 2.45) is 11.7 Å². The van der Waals surface area contributed by atoms with Crippen LogP contribution in [0.25, 0.3) is 5.65 Å². The molecule has 176 valence electrons. The fourth-order valence-corrected chi connectivity index (χ4v) is 4.39. The molecule has 1 aliphatic carbocycles. The van der Waals surface area contributed by atoms with Crippen molar-refractivity contribution >= 4 is 39.2 Å². The topological polar surface area (TPSA) is 134 Å². The lowest BCUT2D eigenvalue weighted by Crippen LogP contribution is -2.38. The first-order chi connectivity index (χ1) is 15.9. The van der Waals surface area contributed by atoms with Gasteiger partial charge < -0.3 is 26.3 Å². The fraction of sp³-hybridized carbons (Fsp3) is 0.455. The Morgan fingerprint density at radius 2 is 2.27 bits per heavy atom. The van der Waals surface area contributed by atoms with E-state index in [2.05, 4.69) is 31.7 Å². The summed E-state index contributed by atoms with van der Waals surface area (Å²) >= 11 is 3.52. The highest BCUT2D eigenvalue weighted by Gasteiger charge is 2.27. The van der Waals surface area contributed by atoms with Gasteiger partial charge in [0.2, 0.25) is 0 Å². The van der Waals surface area contributed by atoms with E-state index in [0.29, 0.717) is 24.6 Å². The minimum absolute atomic E-state index is 0.123. The third kappa shape index (κ3) is 5.72. The molecule has 3 atom stereocenters. The highest BCUT2D eigenvalue weighted by atomic mass is 79.9. The summed E-state index contributed by atoms with van der Waals surface area (Å²) in [5.74, 6) is 1.24. The average Bonchev–Trinajstić information content (AvgIpc) is 3.17. The van der Waals surface area contributed by atoms with Crippen molar-refractivity contribution in [1.29, 1.82) is 0 Å². The highest BCUT2D eigenvalue weighted by Crippen LogP contribution is 2.29. The van der Waals surface area contributed by atoms with Gasteiger partial charge >= 0.3 is 5.97 Å². The molecule has 3 aromatic rings. The zero-order valence-electron chi connectivity index (χ0n) is 18.4. The Labute approximate surface area is 200 Å². The number of carbonyl (C=O) groups excluding carboxylic acids is 1. The molecule has 1 aliphatic rings. The fourth-order valence-electron chi connectivity index (χ4n) is 4.04. The molecule has 10 nitrogen and oxygen atoms in total. The Hall–Kier alpha value is -2.92. The molecule has 4 N–H and O–H groups in total. The standard InChI is InChI=1S/C22H28BrN7O3/c1-14(24)22(31)33-13-16-6-2-3-7-18(16)27-19-9-20(30-21(28-19)17(23)11-26-30)25-10-15-5-4-8-29(32)12-15/h4-5,8-9,11-12,14,16,18,25H,2-3,6-7,10,13,24H2,1H3,(H,27,28)/t14-,16-,18-/m0/s1. The predicted molar refractivity (Wildman–Crippen MR) is 127 cm³/mol. The second-order valence-corrected chi connectivity index (χ2v) is 9.25. The molecule has 33 heavy (non-hydrogen) atoms. The maximum absolute atomic E-state index is 11.8. The van der Waals surface area contributed by atoms with Crippen molar-refractivity contribution in [3.05, 3.63) is 52.0 Å². The number of nitrogens with zero attached hydrogens (tertiary/aromatic N) is 4. The normalized spacial score (nSPS) is 19.2. The number of nitrogens with two attached hydrogens (primary N) is 1. The van der Waals surface area contributed by atoms with E-state index >= 15 is 0 Å². The number of hydrogen-bond acceptors (Lipinski definition) is 8. The molecule has 1 fully saturated rings. The number of nitrogens with one attached hydrogen (secondary N) is 2. The molecule has 4 rings (SSSR count). The summed E-state index contributed by atoms with van der Waals surface area (Å²) < 4.78 is 8.69. The number of anilines is 2. The first-order valence-corrected chi connectivity index (χ1v) is 11.8. The van der Waals surface area contributed by atoms with Crippen LogP contribution in [-0.2, 0) is 16.1 Å². The van der Waals surface area contributed by atoms with Crippen LogP contribution in [0.1, 0.15) is 38.2 Å². The summed E-state index contributed by atoms with van der Waals surface area (Å²) in [5, 5.41) is 22.9. The molecule has 0 bridgehead atoms. The van der Waals surface area contributed by atoms with Crippen molar-refractivity contribution in [1.82, 2.24) is 14.6 Å². The zero-order chi connectivity index (χ0) is 23.4. The average molecular weight is 518 g/mol. The van der Waals surface area contributed by atoms with E-state index in [9.17, 15) is 10.0 Å². The van der Waals surface area contributed by atoms with Gasteiger partial charge in [-0.25, -0.2) is 4.98 Å². The van der Waals surface area contributed by atoms with E-state index in [1.807, 2.05) is 12.1 Å². The lowest BCUT2D eigenvalue weighted by atomic mass is 9.85. The number of halogens is 1. The second kappa shape index (κ2) is 10.3. The Kier molecular flexibility index (Phi) is 7.29. The molecule has 0 spiro atoms. The Morgan fingerprint density at radius 3 is 3.06 bits per heavy atom. The minimum atomic E-state index is -0.627. The molecule has 11 heteroatoms. The van der Waals surface area contributed by atoms with E-state index in [4.69, 9.17) is 15.5 Å². The number of esters is 1. The number of hydrogen-bond donors (Lipinski definition) is 3. The Bertz CT molecular complexity index is 1120. The molecular formula is C22H28BrN7O3. The van der Waals surface area contributed by atoms with E-state index in [-0.39, 0.29) is 17.9 Å². The van der Waals surface area contributed by atoms with Gasteiger partial charge in [-0.3, -0.25) is 4.79 Å². The first-order valence-electron chi connectivity index (χ1n) is 11.1. The smallest absolute Gasteiger partial charge is 0.322 e. The Morgan fingerprint density at radius 1 is 1.45 bits per heavy atom. The molecule has 0 unspecified atom stereocenters. The summed E-state index contributed by atoms with van der Waals surface area (Å²) in [5.41, 5.74) is 7.14. The van der Waals surface area contributed by atoms with E-state index in [1.54, 1.807) is 23.7 Å². The van der Waals surface area contributed by atoms with Crippen molar-refractivity contribution < 1.29 is 14.3 Å². The van der Waals surface area contributed by atoms with Crippen LogP contribution in [0.4, 0.5) is 11.6 Å². The van der Waals surface area contributed by atoms with Crippen LogP contribution in [-0.4, -0.2) is 39.3 Å². The number of fused-ring (bicyclic) bond motifs is 1. The molecule has 0 amide bonds. The van der Waals surface area contributed by atoms with Crippen LogP contribution in [0.2, 0.25) is 0 Å². The van der Waals surface area contributed by atoms with Gasteiger partial charge in [0.05, 0.1) is 17.3 Å². The summed E-state index contributed by atoms with van der Waals surface area (Å²) in [6.45, 7) is 2.42.